The Morgan fingerprint density at radius 1 is 1.14 bits per heavy atom. The van der Waals surface area contributed by atoms with Gasteiger partial charge in [0.05, 0.1) is 17.1 Å². The number of thiocarbonyl (C=S) groups is 1. The van der Waals surface area contributed by atoms with Gasteiger partial charge in [0.1, 0.15) is 4.32 Å². The van der Waals surface area contributed by atoms with E-state index < -0.39 is 0 Å². The lowest BCUT2D eigenvalue weighted by atomic mass is 10.2. The molecule has 5 heteroatoms. The predicted molar refractivity (Wildman–Crippen MR) is 89.4 cm³/mol. The number of aromatic nitrogens is 1. The van der Waals surface area contributed by atoms with Crippen molar-refractivity contribution >= 4 is 40.3 Å². The number of benzene rings is 1. The molecule has 3 nitrogen and oxygen atoms in total. The number of pyridine rings is 1. The van der Waals surface area contributed by atoms with Gasteiger partial charge in [0.15, 0.2) is 0 Å². The molecule has 0 saturated carbocycles. The fraction of sp³-hybridized carbons (Fsp3) is 0.0625. The van der Waals surface area contributed by atoms with Gasteiger partial charge >= 0.3 is 0 Å². The minimum absolute atomic E-state index is 0.0560. The number of carbonyl (C=O) groups excluding carboxylic acids is 1. The quantitative estimate of drug-likeness (QED) is 0.642. The van der Waals surface area contributed by atoms with Crippen LogP contribution in [0.5, 0.6) is 0 Å². The summed E-state index contributed by atoms with van der Waals surface area (Å²) >= 11 is 6.65. The van der Waals surface area contributed by atoms with Gasteiger partial charge in [0.2, 0.25) is 0 Å². The summed E-state index contributed by atoms with van der Waals surface area (Å²) in [7, 11) is 0. The van der Waals surface area contributed by atoms with Crippen LogP contribution in [0, 0.1) is 0 Å². The highest BCUT2D eigenvalue weighted by Crippen LogP contribution is 2.33. The van der Waals surface area contributed by atoms with E-state index in [0.717, 1.165) is 11.3 Å². The summed E-state index contributed by atoms with van der Waals surface area (Å²) in [6, 6.07) is 15.4. The summed E-state index contributed by atoms with van der Waals surface area (Å²) in [6.07, 6.45) is 3.59. The van der Waals surface area contributed by atoms with Crippen molar-refractivity contribution in [2.75, 3.05) is 0 Å². The molecule has 1 aromatic heterocycles. The third kappa shape index (κ3) is 3.20. The maximum atomic E-state index is 12.4. The summed E-state index contributed by atoms with van der Waals surface area (Å²) in [4.78, 5) is 18.9. The Kier molecular flexibility index (Phi) is 4.13. The number of rotatable bonds is 3. The van der Waals surface area contributed by atoms with Crippen molar-refractivity contribution in [3.8, 4) is 0 Å². The van der Waals surface area contributed by atoms with Gasteiger partial charge in [-0.25, -0.2) is 0 Å². The molecule has 2 aromatic rings. The average Bonchev–Trinajstić information content (AvgIpc) is 2.77. The van der Waals surface area contributed by atoms with Crippen molar-refractivity contribution in [3.05, 3.63) is 70.9 Å². The smallest absolute Gasteiger partial charge is 0.266 e. The van der Waals surface area contributed by atoms with Gasteiger partial charge in [-0.05, 0) is 23.8 Å². The zero-order chi connectivity index (χ0) is 14.7. The number of nitrogens with zero attached hydrogens (tertiary/aromatic N) is 2. The minimum atomic E-state index is -0.0560. The Morgan fingerprint density at radius 3 is 2.62 bits per heavy atom. The molecule has 0 atom stereocenters. The molecule has 0 aliphatic carbocycles. The zero-order valence-electron chi connectivity index (χ0n) is 11.1. The van der Waals surface area contributed by atoms with Gasteiger partial charge in [0, 0.05) is 6.20 Å². The molecule has 104 valence electrons. The number of carbonyl (C=O) groups is 1. The van der Waals surface area contributed by atoms with E-state index in [1.54, 1.807) is 11.1 Å². The molecule has 0 bridgehead atoms. The van der Waals surface area contributed by atoms with Gasteiger partial charge < -0.3 is 0 Å². The molecular weight excluding hydrogens is 300 g/mol. The highest BCUT2D eigenvalue weighted by atomic mass is 32.2. The highest BCUT2D eigenvalue weighted by molar-refractivity contribution is 8.26. The molecule has 1 fully saturated rings. The van der Waals surface area contributed by atoms with Crippen LogP contribution in [0.4, 0.5) is 0 Å². The minimum Gasteiger partial charge on any atom is -0.287 e. The molecular formula is C16H12N2OS2. The Labute approximate surface area is 132 Å². The topological polar surface area (TPSA) is 33.2 Å². The summed E-state index contributed by atoms with van der Waals surface area (Å²) in [6.45, 7) is 0.414. The molecule has 0 unspecified atom stereocenters. The summed E-state index contributed by atoms with van der Waals surface area (Å²) in [5, 5.41) is 0. The zero-order valence-corrected chi connectivity index (χ0v) is 12.7. The lowest BCUT2D eigenvalue weighted by Crippen LogP contribution is -2.27. The Morgan fingerprint density at radius 2 is 1.90 bits per heavy atom. The SMILES string of the molecule is O=C1/C(=C/c2ccccc2)SC(=S)N1Cc1ccccn1. The first-order valence-electron chi connectivity index (χ1n) is 6.44. The van der Waals surface area contributed by atoms with Crippen LogP contribution in [0.15, 0.2) is 59.6 Å². The van der Waals surface area contributed by atoms with Gasteiger partial charge in [-0.3, -0.25) is 14.7 Å². The monoisotopic (exact) mass is 312 g/mol. The molecule has 1 amide bonds. The van der Waals surface area contributed by atoms with Crippen molar-refractivity contribution in [1.29, 1.82) is 0 Å². The second-order valence-corrected chi connectivity index (χ2v) is 6.18. The Bertz CT molecular complexity index is 699. The van der Waals surface area contributed by atoms with Crippen LogP contribution in [0.1, 0.15) is 11.3 Å². The maximum absolute atomic E-state index is 12.4. The maximum Gasteiger partial charge on any atom is 0.266 e. The van der Waals surface area contributed by atoms with Gasteiger partial charge in [-0.15, -0.1) is 0 Å². The van der Waals surface area contributed by atoms with E-state index in [0.29, 0.717) is 15.8 Å². The summed E-state index contributed by atoms with van der Waals surface area (Å²) in [5.41, 5.74) is 1.82. The normalized spacial score (nSPS) is 16.8. The van der Waals surface area contributed by atoms with Crippen molar-refractivity contribution in [2.45, 2.75) is 6.54 Å². The number of amides is 1. The van der Waals surface area contributed by atoms with Crippen molar-refractivity contribution in [3.63, 3.8) is 0 Å². The molecule has 1 aliphatic heterocycles. The molecule has 1 aliphatic rings. The first-order valence-corrected chi connectivity index (χ1v) is 7.67. The molecule has 3 rings (SSSR count). The highest BCUT2D eigenvalue weighted by Gasteiger charge is 2.32. The van der Waals surface area contributed by atoms with Gasteiger partial charge in [0.25, 0.3) is 5.91 Å². The van der Waals surface area contributed by atoms with Gasteiger partial charge in [-0.1, -0.05) is 60.4 Å². The fourth-order valence-electron chi connectivity index (χ4n) is 1.99. The second kappa shape index (κ2) is 6.20. The first kappa shape index (κ1) is 14.0. The molecule has 2 heterocycles. The number of hydrogen-bond donors (Lipinski definition) is 0. The fourth-order valence-corrected chi connectivity index (χ4v) is 3.25. The number of thioether (sulfide) groups is 1. The third-order valence-electron chi connectivity index (χ3n) is 3.02. The van der Waals surface area contributed by atoms with Crippen LogP contribution in [0.3, 0.4) is 0 Å². The van der Waals surface area contributed by atoms with Crippen molar-refractivity contribution in [2.24, 2.45) is 0 Å². The molecule has 21 heavy (non-hydrogen) atoms. The largest absolute Gasteiger partial charge is 0.287 e. The Hall–Kier alpha value is -1.98. The molecule has 1 aromatic carbocycles. The van der Waals surface area contributed by atoms with E-state index in [4.69, 9.17) is 12.2 Å². The summed E-state index contributed by atoms with van der Waals surface area (Å²) in [5.74, 6) is -0.0560. The standard InChI is InChI=1S/C16H12N2OS2/c19-15-14(10-12-6-2-1-3-7-12)21-16(20)18(15)11-13-8-4-5-9-17-13/h1-10H,11H2/b14-10-. The second-order valence-electron chi connectivity index (χ2n) is 4.50. The van der Waals surface area contributed by atoms with E-state index in [1.807, 2.05) is 54.6 Å². The van der Waals surface area contributed by atoms with E-state index in [-0.39, 0.29) is 5.91 Å². The lowest BCUT2D eigenvalue weighted by Gasteiger charge is -2.13. The molecule has 0 N–H and O–H groups in total. The van der Waals surface area contributed by atoms with Gasteiger partial charge in [-0.2, -0.15) is 0 Å². The van der Waals surface area contributed by atoms with Crippen LogP contribution >= 0.6 is 24.0 Å². The van der Waals surface area contributed by atoms with Crippen LogP contribution in [-0.2, 0) is 11.3 Å². The lowest BCUT2D eigenvalue weighted by molar-refractivity contribution is -0.122. The first-order chi connectivity index (χ1) is 10.2. The molecule has 0 spiro atoms. The molecule has 0 radical (unpaired) electrons. The summed E-state index contributed by atoms with van der Waals surface area (Å²) < 4.78 is 0.577. The molecule has 1 saturated heterocycles. The van der Waals surface area contributed by atoms with Crippen LogP contribution in [0.25, 0.3) is 6.08 Å². The average molecular weight is 312 g/mol. The van der Waals surface area contributed by atoms with E-state index in [9.17, 15) is 4.79 Å². The van der Waals surface area contributed by atoms with Crippen LogP contribution < -0.4 is 0 Å². The van der Waals surface area contributed by atoms with E-state index in [2.05, 4.69) is 4.98 Å². The number of hydrogen-bond acceptors (Lipinski definition) is 4. The Balaban J connectivity index is 1.81. The van der Waals surface area contributed by atoms with E-state index in [1.165, 1.54) is 11.8 Å². The van der Waals surface area contributed by atoms with E-state index >= 15 is 0 Å². The van der Waals surface area contributed by atoms with Crippen molar-refractivity contribution in [1.82, 2.24) is 9.88 Å². The van der Waals surface area contributed by atoms with Crippen LogP contribution in [-0.4, -0.2) is 20.1 Å². The predicted octanol–water partition coefficient (Wildman–Crippen LogP) is 3.48. The van der Waals surface area contributed by atoms with Crippen LogP contribution in [0.2, 0.25) is 0 Å². The van der Waals surface area contributed by atoms with Crippen molar-refractivity contribution < 1.29 is 4.79 Å². The third-order valence-corrected chi connectivity index (χ3v) is 4.39.